The lowest BCUT2D eigenvalue weighted by atomic mass is 9.85. The zero-order valence-corrected chi connectivity index (χ0v) is 13.0. The van der Waals surface area contributed by atoms with Gasteiger partial charge in [0.1, 0.15) is 6.04 Å². The minimum absolute atomic E-state index is 0.0301. The van der Waals surface area contributed by atoms with E-state index in [1.165, 1.54) is 0 Å². The maximum Gasteiger partial charge on any atom is 0.321 e. The molecule has 3 N–H and O–H groups in total. The summed E-state index contributed by atoms with van der Waals surface area (Å²) < 4.78 is 0. The molecule has 0 aromatic rings. The molecule has 124 valence electrons. The van der Waals surface area contributed by atoms with Gasteiger partial charge in [0.05, 0.1) is 6.54 Å². The molecule has 0 bridgehead atoms. The van der Waals surface area contributed by atoms with Crippen LogP contribution in [-0.4, -0.2) is 53.1 Å². The van der Waals surface area contributed by atoms with Crippen molar-refractivity contribution in [3.63, 3.8) is 0 Å². The molecule has 2 rings (SSSR count). The molecule has 0 aromatic carbocycles. The molecule has 3 atom stereocenters. The molecule has 3 amide bonds. The van der Waals surface area contributed by atoms with Crippen molar-refractivity contribution in [1.29, 1.82) is 0 Å². The quantitative estimate of drug-likeness (QED) is 0.702. The van der Waals surface area contributed by atoms with E-state index in [1.54, 1.807) is 4.90 Å². The third kappa shape index (κ3) is 3.97. The number of fused-ring (bicyclic) bond motifs is 1. The molecule has 1 heterocycles. The highest BCUT2D eigenvalue weighted by Gasteiger charge is 2.45. The second kappa shape index (κ2) is 7.58. The SMILES string of the molecule is CCCNC(=O)NC(=O)CN1C(C(=O)O)CC2CCCCC21. The van der Waals surface area contributed by atoms with Gasteiger partial charge in [0.15, 0.2) is 0 Å². The Hall–Kier alpha value is -1.63. The molecule has 2 fully saturated rings. The maximum absolute atomic E-state index is 12.0. The molecular formula is C15H25N3O4. The number of imide groups is 1. The zero-order valence-electron chi connectivity index (χ0n) is 13.0. The molecular weight excluding hydrogens is 286 g/mol. The molecule has 0 radical (unpaired) electrons. The second-order valence-corrected chi connectivity index (χ2v) is 6.18. The molecule has 22 heavy (non-hydrogen) atoms. The first-order valence-electron chi connectivity index (χ1n) is 8.09. The summed E-state index contributed by atoms with van der Waals surface area (Å²) in [5.41, 5.74) is 0. The van der Waals surface area contributed by atoms with Gasteiger partial charge >= 0.3 is 12.0 Å². The maximum atomic E-state index is 12.0. The first-order chi connectivity index (χ1) is 10.5. The monoisotopic (exact) mass is 311 g/mol. The lowest BCUT2D eigenvalue weighted by molar-refractivity contribution is -0.143. The number of hydrogen-bond acceptors (Lipinski definition) is 4. The van der Waals surface area contributed by atoms with E-state index >= 15 is 0 Å². The van der Waals surface area contributed by atoms with Crippen LogP contribution >= 0.6 is 0 Å². The Morgan fingerprint density at radius 3 is 2.64 bits per heavy atom. The van der Waals surface area contributed by atoms with Gasteiger partial charge in [-0.15, -0.1) is 0 Å². The van der Waals surface area contributed by atoms with Crippen molar-refractivity contribution < 1.29 is 19.5 Å². The minimum atomic E-state index is -0.877. The fourth-order valence-corrected chi connectivity index (χ4v) is 3.64. The van der Waals surface area contributed by atoms with Gasteiger partial charge in [0.2, 0.25) is 5.91 Å². The molecule has 1 aliphatic carbocycles. The molecule has 1 saturated heterocycles. The van der Waals surface area contributed by atoms with Gasteiger partial charge in [-0.1, -0.05) is 19.8 Å². The van der Waals surface area contributed by atoms with Gasteiger partial charge in [-0.25, -0.2) is 4.79 Å². The molecule has 0 spiro atoms. The Morgan fingerprint density at radius 1 is 1.23 bits per heavy atom. The lowest BCUT2D eigenvalue weighted by Gasteiger charge is -2.32. The van der Waals surface area contributed by atoms with Gasteiger partial charge in [-0.2, -0.15) is 0 Å². The van der Waals surface area contributed by atoms with E-state index in [1.807, 2.05) is 6.92 Å². The van der Waals surface area contributed by atoms with Crippen LogP contribution in [0.2, 0.25) is 0 Å². The van der Waals surface area contributed by atoms with Crippen LogP contribution in [-0.2, 0) is 9.59 Å². The summed E-state index contributed by atoms with van der Waals surface area (Å²) in [6.45, 7) is 2.40. The number of aliphatic carboxylic acids is 1. The predicted molar refractivity (Wildman–Crippen MR) is 80.3 cm³/mol. The Kier molecular flexibility index (Phi) is 5.76. The number of carbonyl (C=O) groups excluding carboxylic acids is 2. The average molecular weight is 311 g/mol. The van der Waals surface area contributed by atoms with Crippen LogP contribution in [0.5, 0.6) is 0 Å². The predicted octanol–water partition coefficient (Wildman–Crippen LogP) is 0.940. The van der Waals surface area contributed by atoms with Crippen LogP contribution < -0.4 is 10.6 Å². The topological polar surface area (TPSA) is 98.7 Å². The van der Waals surface area contributed by atoms with Crippen LogP contribution in [0.25, 0.3) is 0 Å². The van der Waals surface area contributed by atoms with E-state index in [4.69, 9.17) is 0 Å². The van der Waals surface area contributed by atoms with Crippen molar-refractivity contribution in [3.8, 4) is 0 Å². The average Bonchev–Trinajstić information content (AvgIpc) is 2.84. The summed E-state index contributed by atoms with van der Waals surface area (Å²) in [6.07, 6.45) is 5.57. The second-order valence-electron chi connectivity index (χ2n) is 6.18. The van der Waals surface area contributed by atoms with Crippen LogP contribution in [0.4, 0.5) is 4.79 Å². The number of rotatable bonds is 5. The third-order valence-corrected chi connectivity index (χ3v) is 4.62. The van der Waals surface area contributed by atoms with Crippen LogP contribution in [0.3, 0.4) is 0 Å². The van der Waals surface area contributed by atoms with Crippen molar-refractivity contribution >= 4 is 17.9 Å². The number of nitrogens with one attached hydrogen (secondary N) is 2. The summed E-state index contributed by atoms with van der Waals surface area (Å²) >= 11 is 0. The normalized spacial score (nSPS) is 28.0. The first-order valence-corrected chi connectivity index (χ1v) is 8.09. The van der Waals surface area contributed by atoms with Gasteiger partial charge in [-0.05, 0) is 31.6 Å². The van der Waals surface area contributed by atoms with Crippen LogP contribution in [0.1, 0.15) is 45.4 Å². The number of carboxylic acids is 1. The molecule has 0 aromatic heterocycles. The van der Waals surface area contributed by atoms with Crippen molar-refractivity contribution in [2.24, 2.45) is 5.92 Å². The lowest BCUT2D eigenvalue weighted by Crippen LogP contribution is -2.50. The molecule has 2 aliphatic rings. The first kappa shape index (κ1) is 16.7. The molecule has 7 nitrogen and oxygen atoms in total. The van der Waals surface area contributed by atoms with E-state index in [9.17, 15) is 19.5 Å². The van der Waals surface area contributed by atoms with Crippen molar-refractivity contribution in [3.05, 3.63) is 0 Å². The number of urea groups is 1. The number of carbonyl (C=O) groups is 3. The van der Waals surface area contributed by atoms with Crippen LogP contribution in [0, 0.1) is 5.92 Å². The molecule has 7 heteroatoms. The smallest absolute Gasteiger partial charge is 0.321 e. The van der Waals surface area contributed by atoms with Crippen molar-refractivity contribution in [2.75, 3.05) is 13.1 Å². The summed E-state index contributed by atoms with van der Waals surface area (Å²) in [5, 5.41) is 14.2. The summed E-state index contributed by atoms with van der Waals surface area (Å²) in [5.74, 6) is -0.958. The van der Waals surface area contributed by atoms with E-state index in [-0.39, 0.29) is 12.6 Å². The number of hydrogen-bond donors (Lipinski definition) is 3. The Morgan fingerprint density at radius 2 is 1.95 bits per heavy atom. The van der Waals surface area contributed by atoms with Crippen LogP contribution in [0.15, 0.2) is 0 Å². The highest BCUT2D eigenvalue weighted by atomic mass is 16.4. The zero-order chi connectivity index (χ0) is 16.1. The van der Waals surface area contributed by atoms with E-state index in [2.05, 4.69) is 10.6 Å². The molecule has 1 aliphatic heterocycles. The standard InChI is InChI=1S/C15H25N3O4/c1-2-7-16-15(22)17-13(19)9-18-11-6-4-3-5-10(11)8-12(18)14(20)21/h10-12H,2-9H2,1H3,(H,20,21)(H2,16,17,19,22). The number of amides is 3. The van der Waals surface area contributed by atoms with Gasteiger partial charge < -0.3 is 10.4 Å². The van der Waals surface area contributed by atoms with Gasteiger partial charge in [0.25, 0.3) is 0 Å². The molecule has 3 unspecified atom stereocenters. The highest BCUT2D eigenvalue weighted by molar-refractivity contribution is 5.95. The number of carboxylic acid groups (broad SMARTS) is 1. The van der Waals surface area contributed by atoms with Crippen molar-refractivity contribution in [1.82, 2.24) is 15.5 Å². The van der Waals surface area contributed by atoms with Gasteiger partial charge in [0, 0.05) is 12.6 Å². The van der Waals surface area contributed by atoms with E-state index < -0.39 is 23.9 Å². The largest absolute Gasteiger partial charge is 0.480 e. The fraction of sp³-hybridized carbons (Fsp3) is 0.800. The fourth-order valence-electron chi connectivity index (χ4n) is 3.64. The van der Waals surface area contributed by atoms with Gasteiger partial charge in [-0.3, -0.25) is 19.8 Å². The van der Waals surface area contributed by atoms with E-state index in [0.717, 1.165) is 32.1 Å². The molecule has 1 saturated carbocycles. The summed E-state index contributed by atoms with van der Waals surface area (Å²) in [6, 6.07) is -0.977. The summed E-state index contributed by atoms with van der Waals surface area (Å²) in [4.78, 5) is 36.7. The van der Waals surface area contributed by atoms with E-state index in [0.29, 0.717) is 18.9 Å². The Bertz CT molecular complexity index is 441. The number of nitrogens with zero attached hydrogens (tertiary/aromatic N) is 1. The summed E-state index contributed by atoms with van der Waals surface area (Å²) in [7, 11) is 0. The third-order valence-electron chi connectivity index (χ3n) is 4.62. The Labute approximate surface area is 130 Å². The van der Waals surface area contributed by atoms with Crippen molar-refractivity contribution in [2.45, 2.75) is 57.5 Å². The Balaban J connectivity index is 1.94. The highest BCUT2D eigenvalue weighted by Crippen LogP contribution is 2.39. The minimum Gasteiger partial charge on any atom is -0.480 e. The number of likely N-dealkylation sites (tertiary alicyclic amines) is 1.